The molecule has 0 N–H and O–H groups in total. The number of halogens is 1. The maximum atomic E-state index is 12.7. The lowest BCUT2D eigenvalue weighted by molar-refractivity contribution is 0.0702. The van der Waals surface area contributed by atoms with Crippen molar-refractivity contribution in [2.45, 2.75) is 65.8 Å². The molecule has 118 valence electrons. The molecule has 0 fully saturated rings. The van der Waals surface area contributed by atoms with Crippen molar-refractivity contribution in [1.29, 1.82) is 0 Å². The van der Waals surface area contributed by atoms with Crippen molar-refractivity contribution in [3.63, 3.8) is 0 Å². The molecule has 1 heterocycles. The Morgan fingerprint density at radius 2 is 1.95 bits per heavy atom. The fraction of sp³-hybridized carbons (Fsp3) is 0.647. The Morgan fingerprint density at radius 1 is 1.24 bits per heavy atom. The topological polar surface area (TPSA) is 33.2 Å². The molecule has 1 aromatic rings. The van der Waals surface area contributed by atoms with Gasteiger partial charge in [-0.15, -0.1) is 0 Å². The average molecular weight is 311 g/mol. The zero-order valence-electron chi connectivity index (χ0n) is 13.7. The van der Waals surface area contributed by atoms with Crippen LogP contribution in [0, 0.1) is 0 Å². The first-order chi connectivity index (χ1) is 9.99. The van der Waals surface area contributed by atoms with Crippen LogP contribution in [0.1, 0.15) is 69.4 Å². The van der Waals surface area contributed by atoms with Gasteiger partial charge >= 0.3 is 0 Å². The number of pyridine rings is 1. The molecule has 1 amide bonds. The van der Waals surface area contributed by atoms with Crippen molar-refractivity contribution in [1.82, 2.24) is 9.88 Å². The van der Waals surface area contributed by atoms with Crippen LogP contribution in [0.3, 0.4) is 0 Å². The fourth-order valence-corrected chi connectivity index (χ4v) is 2.58. The van der Waals surface area contributed by atoms with Crippen molar-refractivity contribution in [3.8, 4) is 0 Å². The van der Waals surface area contributed by atoms with Gasteiger partial charge in [-0.2, -0.15) is 0 Å². The van der Waals surface area contributed by atoms with E-state index in [2.05, 4.69) is 32.7 Å². The van der Waals surface area contributed by atoms with Crippen LogP contribution < -0.4 is 0 Å². The van der Waals surface area contributed by atoms with E-state index in [1.807, 2.05) is 11.0 Å². The van der Waals surface area contributed by atoms with Crippen LogP contribution in [0.4, 0.5) is 0 Å². The number of rotatable bonds is 8. The fourth-order valence-electron chi connectivity index (χ4n) is 2.35. The molecule has 21 heavy (non-hydrogen) atoms. The van der Waals surface area contributed by atoms with Crippen LogP contribution in [-0.2, 0) is 6.42 Å². The molecule has 0 aliphatic rings. The van der Waals surface area contributed by atoms with Crippen LogP contribution in [-0.4, -0.2) is 28.4 Å². The van der Waals surface area contributed by atoms with Crippen molar-refractivity contribution in [2.24, 2.45) is 0 Å². The molecule has 0 spiro atoms. The molecular weight excluding hydrogens is 284 g/mol. The van der Waals surface area contributed by atoms with E-state index < -0.39 is 0 Å². The second kappa shape index (κ2) is 9.04. The lowest BCUT2D eigenvalue weighted by Gasteiger charge is -2.27. The lowest BCUT2D eigenvalue weighted by atomic mass is 10.1. The van der Waals surface area contributed by atoms with Gasteiger partial charge in [0.05, 0.1) is 0 Å². The summed E-state index contributed by atoms with van der Waals surface area (Å²) in [6.45, 7) is 9.17. The van der Waals surface area contributed by atoms with E-state index in [9.17, 15) is 4.79 Å². The number of carbonyl (C=O) groups excluding carboxylic acids is 1. The maximum Gasteiger partial charge on any atom is 0.254 e. The normalized spacial score (nSPS) is 11.0. The lowest BCUT2D eigenvalue weighted by Crippen LogP contribution is -2.37. The highest BCUT2D eigenvalue weighted by Gasteiger charge is 2.19. The predicted molar refractivity (Wildman–Crippen MR) is 88.9 cm³/mol. The third-order valence-electron chi connectivity index (χ3n) is 3.49. The number of amides is 1. The minimum atomic E-state index is 0.0581. The minimum Gasteiger partial charge on any atom is -0.336 e. The van der Waals surface area contributed by atoms with Gasteiger partial charge in [-0.1, -0.05) is 44.7 Å². The predicted octanol–water partition coefficient (Wildman–Crippen LogP) is 4.73. The SMILES string of the molecule is CCCCCN(C(=O)c1cc(Cl)nc(CCC)c1)C(C)C. The van der Waals surface area contributed by atoms with E-state index in [4.69, 9.17) is 11.6 Å². The van der Waals surface area contributed by atoms with Gasteiger partial charge in [0.2, 0.25) is 0 Å². The summed E-state index contributed by atoms with van der Waals surface area (Å²) >= 11 is 6.06. The van der Waals surface area contributed by atoms with E-state index >= 15 is 0 Å². The molecule has 0 bridgehead atoms. The summed E-state index contributed by atoms with van der Waals surface area (Å²) in [7, 11) is 0. The molecule has 1 aromatic heterocycles. The average Bonchev–Trinajstić information content (AvgIpc) is 2.42. The first-order valence-corrected chi connectivity index (χ1v) is 8.34. The smallest absolute Gasteiger partial charge is 0.254 e. The van der Waals surface area contributed by atoms with E-state index in [1.54, 1.807) is 6.07 Å². The summed E-state index contributed by atoms with van der Waals surface area (Å²) in [6, 6.07) is 3.75. The Labute approximate surface area is 133 Å². The zero-order valence-corrected chi connectivity index (χ0v) is 14.4. The van der Waals surface area contributed by atoms with E-state index in [1.165, 1.54) is 0 Å². The van der Waals surface area contributed by atoms with Gasteiger partial charge in [-0.25, -0.2) is 4.98 Å². The third kappa shape index (κ3) is 5.66. The van der Waals surface area contributed by atoms with Crippen LogP contribution in [0.2, 0.25) is 5.15 Å². The zero-order chi connectivity index (χ0) is 15.8. The van der Waals surface area contributed by atoms with Crippen LogP contribution in [0.5, 0.6) is 0 Å². The Balaban J connectivity index is 2.92. The van der Waals surface area contributed by atoms with Gasteiger partial charge in [0, 0.05) is 23.8 Å². The molecular formula is C17H27ClN2O. The van der Waals surface area contributed by atoms with Crippen LogP contribution in [0.25, 0.3) is 0 Å². The van der Waals surface area contributed by atoms with Gasteiger partial charge in [0.1, 0.15) is 5.15 Å². The van der Waals surface area contributed by atoms with Gasteiger partial charge in [-0.05, 0) is 38.8 Å². The summed E-state index contributed by atoms with van der Waals surface area (Å²) in [5.41, 5.74) is 1.55. The highest BCUT2D eigenvalue weighted by molar-refractivity contribution is 6.29. The quantitative estimate of drug-likeness (QED) is 0.514. The minimum absolute atomic E-state index is 0.0581. The highest BCUT2D eigenvalue weighted by Crippen LogP contribution is 2.16. The number of aromatic nitrogens is 1. The largest absolute Gasteiger partial charge is 0.336 e. The second-order valence-electron chi connectivity index (χ2n) is 5.72. The Kier molecular flexibility index (Phi) is 7.73. The maximum absolute atomic E-state index is 12.7. The van der Waals surface area contributed by atoms with Crippen LogP contribution >= 0.6 is 11.6 Å². The van der Waals surface area contributed by atoms with Crippen molar-refractivity contribution < 1.29 is 4.79 Å². The first kappa shape index (κ1) is 18.0. The standard InChI is InChI=1S/C17H27ClN2O/c1-5-7-8-10-20(13(3)4)17(21)14-11-15(9-6-2)19-16(18)12-14/h11-13H,5-10H2,1-4H3. The van der Waals surface area contributed by atoms with Gasteiger partial charge in [0.25, 0.3) is 5.91 Å². The molecule has 4 heteroatoms. The Hall–Kier alpha value is -1.09. The molecule has 0 atom stereocenters. The van der Waals surface area contributed by atoms with E-state index in [0.29, 0.717) is 10.7 Å². The first-order valence-electron chi connectivity index (χ1n) is 7.97. The summed E-state index contributed by atoms with van der Waals surface area (Å²) in [6.07, 6.45) is 5.18. The van der Waals surface area contributed by atoms with Crippen LogP contribution in [0.15, 0.2) is 12.1 Å². The summed E-state index contributed by atoms with van der Waals surface area (Å²) < 4.78 is 0. The molecule has 3 nitrogen and oxygen atoms in total. The molecule has 0 unspecified atom stereocenters. The number of aryl methyl sites for hydroxylation is 1. The number of hydrogen-bond acceptors (Lipinski definition) is 2. The van der Waals surface area contributed by atoms with Gasteiger partial charge in [0.15, 0.2) is 0 Å². The number of nitrogens with zero attached hydrogens (tertiary/aromatic N) is 2. The summed E-state index contributed by atoms with van der Waals surface area (Å²) in [5.74, 6) is 0.0581. The third-order valence-corrected chi connectivity index (χ3v) is 3.68. The summed E-state index contributed by atoms with van der Waals surface area (Å²) in [5, 5.41) is 0.404. The van der Waals surface area contributed by atoms with Crippen molar-refractivity contribution in [2.75, 3.05) is 6.54 Å². The molecule has 0 saturated carbocycles. The molecule has 0 aromatic carbocycles. The number of hydrogen-bond donors (Lipinski definition) is 0. The highest BCUT2D eigenvalue weighted by atomic mass is 35.5. The van der Waals surface area contributed by atoms with E-state index in [0.717, 1.165) is 44.3 Å². The van der Waals surface area contributed by atoms with E-state index in [-0.39, 0.29) is 11.9 Å². The van der Waals surface area contributed by atoms with Gasteiger partial charge in [-0.3, -0.25) is 4.79 Å². The Bertz CT molecular complexity index is 460. The molecule has 0 radical (unpaired) electrons. The summed E-state index contributed by atoms with van der Waals surface area (Å²) in [4.78, 5) is 18.9. The van der Waals surface area contributed by atoms with Crippen molar-refractivity contribution >= 4 is 17.5 Å². The molecule has 0 saturated heterocycles. The molecule has 1 rings (SSSR count). The number of unbranched alkanes of at least 4 members (excludes halogenated alkanes) is 2. The van der Waals surface area contributed by atoms with Gasteiger partial charge < -0.3 is 4.90 Å². The Morgan fingerprint density at radius 3 is 2.52 bits per heavy atom. The second-order valence-corrected chi connectivity index (χ2v) is 6.11. The van der Waals surface area contributed by atoms with Crippen molar-refractivity contribution in [3.05, 3.63) is 28.5 Å². The molecule has 0 aliphatic heterocycles. The monoisotopic (exact) mass is 310 g/mol. The number of carbonyl (C=O) groups is 1. The molecule has 0 aliphatic carbocycles.